The summed E-state index contributed by atoms with van der Waals surface area (Å²) in [5.41, 5.74) is 2.32. The molecular formula is C18H21N3O3. The van der Waals surface area contributed by atoms with Crippen molar-refractivity contribution in [1.82, 2.24) is 0 Å². The molecule has 0 saturated heterocycles. The summed E-state index contributed by atoms with van der Waals surface area (Å²) in [7, 11) is 0. The lowest BCUT2D eigenvalue weighted by atomic mass is 10.0. The molecule has 2 rings (SSSR count). The summed E-state index contributed by atoms with van der Waals surface area (Å²) in [6.07, 6.45) is 0. The molecule has 0 saturated carbocycles. The summed E-state index contributed by atoms with van der Waals surface area (Å²) in [5, 5.41) is 16.9. The Morgan fingerprint density at radius 3 is 2.58 bits per heavy atom. The first-order valence-electron chi connectivity index (χ1n) is 7.86. The van der Waals surface area contributed by atoms with Crippen molar-refractivity contribution >= 4 is 23.0 Å². The van der Waals surface area contributed by atoms with Crippen LogP contribution in [0.25, 0.3) is 0 Å². The molecule has 0 aliphatic rings. The minimum absolute atomic E-state index is 0.111. The minimum atomic E-state index is -0.492. The zero-order chi connectivity index (χ0) is 17.7. The van der Waals surface area contributed by atoms with E-state index in [1.165, 1.54) is 6.07 Å². The SMILES string of the molecule is CCNc1ccc(C(=O)Nc2cccc(C(C)C)c2)cc1[N+](=O)[O-]. The third-order valence-electron chi connectivity index (χ3n) is 3.64. The van der Waals surface area contributed by atoms with Gasteiger partial charge in [-0.2, -0.15) is 0 Å². The first-order valence-corrected chi connectivity index (χ1v) is 7.86. The normalized spacial score (nSPS) is 10.5. The van der Waals surface area contributed by atoms with E-state index in [0.29, 0.717) is 23.8 Å². The van der Waals surface area contributed by atoms with Gasteiger partial charge in [0.1, 0.15) is 5.69 Å². The highest BCUT2D eigenvalue weighted by atomic mass is 16.6. The van der Waals surface area contributed by atoms with Crippen LogP contribution in [-0.2, 0) is 0 Å². The van der Waals surface area contributed by atoms with Crippen molar-refractivity contribution in [2.24, 2.45) is 0 Å². The monoisotopic (exact) mass is 327 g/mol. The Morgan fingerprint density at radius 2 is 1.96 bits per heavy atom. The fourth-order valence-electron chi connectivity index (χ4n) is 2.34. The Labute approximate surface area is 141 Å². The molecule has 0 aliphatic carbocycles. The van der Waals surface area contributed by atoms with Gasteiger partial charge in [-0.15, -0.1) is 0 Å². The largest absolute Gasteiger partial charge is 0.380 e. The maximum Gasteiger partial charge on any atom is 0.293 e. The van der Waals surface area contributed by atoms with Gasteiger partial charge in [0.15, 0.2) is 0 Å². The van der Waals surface area contributed by atoms with Gasteiger partial charge in [0.25, 0.3) is 11.6 Å². The quantitative estimate of drug-likeness (QED) is 0.608. The maximum absolute atomic E-state index is 12.4. The number of hydrogen-bond acceptors (Lipinski definition) is 4. The molecule has 0 bridgehead atoms. The average molecular weight is 327 g/mol. The molecule has 6 nitrogen and oxygen atoms in total. The molecule has 0 aliphatic heterocycles. The van der Waals surface area contributed by atoms with Gasteiger partial charge in [-0.3, -0.25) is 14.9 Å². The van der Waals surface area contributed by atoms with Crippen LogP contribution in [0, 0.1) is 10.1 Å². The number of amides is 1. The zero-order valence-electron chi connectivity index (χ0n) is 14.0. The van der Waals surface area contributed by atoms with Crippen LogP contribution in [0.5, 0.6) is 0 Å². The smallest absolute Gasteiger partial charge is 0.293 e. The van der Waals surface area contributed by atoms with Crippen molar-refractivity contribution < 1.29 is 9.72 Å². The fraction of sp³-hybridized carbons (Fsp3) is 0.278. The van der Waals surface area contributed by atoms with Crippen LogP contribution in [0.15, 0.2) is 42.5 Å². The number of nitrogens with one attached hydrogen (secondary N) is 2. The van der Waals surface area contributed by atoms with E-state index in [1.54, 1.807) is 18.2 Å². The van der Waals surface area contributed by atoms with E-state index in [0.717, 1.165) is 5.56 Å². The van der Waals surface area contributed by atoms with Gasteiger partial charge in [-0.1, -0.05) is 26.0 Å². The van der Waals surface area contributed by atoms with Gasteiger partial charge >= 0.3 is 0 Å². The highest BCUT2D eigenvalue weighted by Gasteiger charge is 2.17. The van der Waals surface area contributed by atoms with E-state index in [-0.39, 0.29) is 17.2 Å². The Hall–Kier alpha value is -2.89. The van der Waals surface area contributed by atoms with Crippen LogP contribution in [0.3, 0.4) is 0 Å². The maximum atomic E-state index is 12.4. The number of nitro groups is 1. The lowest BCUT2D eigenvalue weighted by Gasteiger charge is -2.10. The van der Waals surface area contributed by atoms with E-state index in [2.05, 4.69) is 24.5 Å². The zero-order valence-corrected chi connectivity index (χ0v) is 14.0. The van der Waals surface area contributed by atoms with E-state index in [9.17, 15) is 14.9 Å². The molecule has 2 aromatic rings. The van der Waals surface area contributed by atoms with Gasteiger partial charge in [0.2, 0.25) is 0 Å². The molecule has 0 aromatic heterocycles. The topological polar surface area (TPSA) is 84.3 Å². The Morgan fingerprint density at radius 1 is 1.21 bits per heavy atom. The summed E-state index contributed by atoms with van der Waals surface area (Å²) < 4.78 is 0. The average Bonchev–Trinajstić information content (AvgIpc) is 2.55. The molecule has 0 fully saturated rings. The summed E-state index contributed by atoms with van der Waals surface area (Å²) >= 11 is 0. The molecule has 126 valence electrons. The molecule has 2 aromatic carbocycles. The molecule has 24 heavy (non-hydrogen) atoms. The molecule has 6 heteroatoms. The Bertz CT molecular complexity index is 757. The second kappa shape index (κ2) is 7.59. The number of carbonyl (C=O) groups excluding carboxylic acids is 1. The van der Waals surface area contributed by atoms with Gasteiger partial charge < -0.3 is 10.6 Å². The van der Waals surface area contributed by atoms with Crippen molar-refractivity contribution in [2.75, 3.05) is 17.2 Å². The van der Waals surface area contributed by atoms with E-state index >= 15 is 0 Å². The standard InChI is InChI=1S/C18H21N3O3/c1-4-19-16-9-8-14(11-17(16)21(23)24)18(22)20-15-7-5-6-13(10-15)12(2)3/h5-12,19H,4H2,1-3H3,(H,20,22). The highest BCUT2D eigenvalue weighted by molar-refractivity contribution is 6.05. The van der Waals surface area contributed by atoms with Gasteiger partial charge in [0, 0.05) is 23.9 Å². The summed E-state index contributed by atoms with van der Waals surface area (Å²) in [6.45, 7) is 6.56. The Balaban J connectivity index is 2.25. The number of nitrogens with zero attached hydrogens (tertiary/aromatic N) is 1. The van der Waals surface area contributed by atoms with Crippen LogP contribution in [0.4, 0.5) is 17.1 Å². The number of hydrogen-bond donors (Lipinski definition) is 2. The summed E-state index contributed by atoms with van der Waals surface area (Å²) in [5.74, 6) is -0.0237. The predicted octanol–water partition coefficient (Wildman–Crippen LogP) is 4.40. The lowest BCUT2D eigenvalue weighted by molar-refractivity contribution is -0.384. The van der Waals surface area contributed by atoms with E-state index < -0.39 is 4.92 Å². The van der Waals surface area contributed by atoms with Crippen molar-refractivity contribution in [2.45, 2.75) is 26.7 Å². The first kappa shape index (κ1) is 17.5. The van der Waals surface area contributed by atoms with Crippen molar-refractivity contribution in [3.63, 3.8) is 0 Å². The molecular weight excluding hydrogens is 306 g/mol. The number of rotatable bonds is 6. The predicted molar refractivity (Wildman–Crippen MR) is 95.7 cm³/mol. The van der Waals surface area contributed by atoms with Gasteiger partial charge in [-0.05, 0) is 42.7 Å². The third kappa shape index (κ3) is 4.10. The van der Waals surface area contributed by atoms with Crippen molar-refractivity contribution in [3.8, 4) is 0 Å². The number of benzene rings is 2. The lowest BCUT2D eigenvalue weighted by Crippen LogP contribution is -2.13. The summed E-state index contributed by atoms with van der Waals surface area (Å²) in [6, 6.07) is 12.0. The second-order valence-electron chi connectivity index (χ2n) is 5.75. The van der Waals surface area contributed by atoms with Crippen molar-refractivity contribution in [1.29, 1.82) is 0 Å². The van der Waals surface area contributed by atoms with Gasteiger partial charge in [0.05, 0.1) is 4.92 Å². The molecule has 0 spiro atoms. The minimum Gasteiger partial charge on any atom is -0.380 e. The molecule has 0 radical (unpaired) electrons. The van der Waals surface area contributed by atoms with Crippen LogP contribution in [0.1, 0.15) is 42.6 Å². The number of carbonyl (C=O) groups is 1. The fourth-order valence-corrected chi connectivity index (χ4v) is 2.34. The highest BCUT2D eigenvalue weighted by Crippen LogP contribution is 2.26. The van der Waals surface area contributed by atoms with Gasteiger partial charge in [-0.25, -0.2) is 0 Å². The molecule has 0 unspecified atom stereocenters. The van der Waals surface area contributed by atoms with Crippen LogP contribution >= 0.6 is 0 Å². The molecule has 0 atom stereocenters. The van der Waals surface area contributed by atoms with Crippen LogP contribution < -0.4 is 10.6 Å². The number of nitro benzene ring substituents is 1. The molecule has 1 amide bonds. The second-order valence-corrected chi connectivity index (χ2v) is 5.75. The first-order chi connectivity index (χ1) is 11.4. The molecule has 2 N–H and O–H groups in total. The van der Waals surface area contributed by atoms with Crippen LogP contribution in [0.2, 0.25) is 0 Å². The van der Waals surface area contributed by atoms with E-state index in [1.807, 2.05) is 25.1 Å². The van der Waals surface area contributed by atoms with Crippen molar-refractivity contribution in [3.05, 3.63) is 63.7 Å². The Kier molecular flexibility index (Phi) is 5.52. The summed E-state index contributed by atoms with van der Waals surface area (Å²) in [4.78, 5) is 23.1. The van der Waals surface area contributed by atoms with E-state index in [4.69, 9.17) is 0 Å². The molecule has 0 heterocycles. The number of anilines is 2. The van der Waals surface area contributed by atoms with Crippen LogP contribution in [-0.4, -0.2) is 17.4 Å². The third-order valence-corrected chi connectivity index (χ3v) is 3.64.